The number of likely N-dealkylation sites (N-methyl/N-ethyl adjacent to an activating group) is 1. The molecule has 0 aromatic carbocycles. The number of rotatable bonds is 62. The molecule has 1 amide bonds. The maximum atomic E-state index is 13.6. The molecule has 0 heterocycles. The van der Waals surface area contributed by atoms with Gasteiger partial charge in [-0.3, -0.25) is 14.2 Å². The van der Waals surface area contributed by atoms with E-state index in [-0.39, 0.29) is 31.3 Å². The van der Waals surface area contributed by atoms with Gasteiger partial charge in [-0.15, -0.1) is 0 Å². The number of phosphoric acid groups is 1. The van der Waals surface area contributed by atoms with E-state index in [1.807, 2.05) is 33.3 Å². The number of hydrogen-bond donors (Lipinski definition) is 1. The molecule has 0 aromatic heterocycles. The molecular formula is C75H131N2O7P. The van der Waals surface area contributed by atoms with Gasteiger partial charge in [-0.25, -0.2) is 0 Å². The first kappa shape index (κ1) is 81.4. The van der Waals surface area contributed by atoms with Crippen molar-refractivity contribution in [1.29, 1.82) is 0 Å². The topological polar surface area (TPSA) is 114 Å². The van der Waals surface area contributed by atoms with E-state index in [9.17, 15) is 19.0 Å². The summed E-state index contributed by atoms with van der Waals surface area (Å²) >= 11 is 0. The zero-order valence-electron chi connectivity index (χ0n) is 55.8. The number of hydrogen-bond acceptors (Lipinski definition) is 7. The Bertz CT molecular complexity index is 1870. The maximum Gasteiger partial charge on any atom is 0.306 e. The van der Waals surface area contributed by atoms with Gasteiger partial charge < -0.3 is 28.5 Å². The molecule has 0 radical (unpaired) electrons. The summed E-state index contributed by atoms with van der Waals surface area (Å²) < 4.78 is 30.4. The number of esters is 1. The van der Waals surface area contributed by atoms with Crippen LogP contribution < -0.4 is 10.2 Å². The van der Waals surface area contributed by atoms with E-state index in [2.05, 4.69) is 135 Å². The van der Waals surface area contributed by atoms with Gasteiger partial charge in [0.15, 0.2) is 0 Å². The molecule has 10 heteroatoms. The number of amides is 1. The van der Waals surface area contributed by atoms with Gasteiger partial charge in [0.05, 0.1) is 33.8 Å². The standard InChI is InChI=1S/C75H131N2O7P/c1-7-10-13-16-19-22-25-27-29-31-33-35-37-38-40-42-44-46-48-50-53-56-59-62-65-68-75(79)84-73(66-63-60-57-54-51-24-21-18-15-12-9-3)72(71-83-85(80,81)82-70-69-77(4,5)6)76-74(78)67-64-61-58-55-52-49-47-45-43-41-39-36-34-32-30-28-26-23-20-17-14-11-8-2/h11,14,19-20,22-23,27-30,33-36,41,43,47,49,63,66,72-73H,7-10,12-13,15-18,21,24-26,31-32,37-40,42,44-46,48,50-62,64-65,67-71H2,1-6H3,(H-,76,78,80,81)/b14-11-,22-19-,23-20-,29-27-,30-28-,35-33-,36-34-,43-41-,49-47-,66-63+. The fourth-order valence-corrected chi connectivity index (χ4v) is 10.3. The van der Waals surface area contributed by atoms with Crippen LogP contribution in [-0.2, 0) is 27.9 Å². The molecule has 488 valence electrons. The molecule has 3 unspecified atom stereocenters. The molecule has 0 saturated carbocycles. The van der Waals surface area contributed by atoms with Crippen molar-refractivity contribution >= 4 is 19.7 Å². The summed E-state index contributed by atoms with van der Waals surface area (Å²) in [6, 6.07) is -0.911. The molecular weight excluding hydrogens is 1070 g/mol. The highest BCUT2D eigenvalue weighted by atomic mass is 31.2. The zero-order valence-corrected chi connectivity index (χ0v) is 56.7. The van der Waals surface area contributed by atoms with E-state index in [4.69, 9.17) is 13.8 Å². The lowest BCUT2D eigenvalue weighted by atomic mass is 10.0. The molecule has 0 aromatic rings. The number of quaternary nitrogens is 1. The van der Waals surface area contributed by atoms with E-state index in [0.717, 1.165) is 122 Å². The Hall–Kier alpha value is -3.59. The number of phosphoric ester groups is 1. The molecule has 9 nitrogen and oxygen atoms in total. The molecule has 3 atom stereocenters. The molecule has 0 aliphatic heterocycles. The Morgan fingerprint density at radius 1 is 0.424 bits per heavy atom. The predicted octanol–water partition coefficient (Wildman–Crippen LogP) is 21.6. The smallest absolute Gasteiger partial charge is 0.306 e. The average molecular weight is 1200 g/mol. The summed E-state index contributed by atoms with van der Waals surface area (Å²) in [6.45, 7) is 6.68. The second kappa shape index (κ2) is 63.4. The Morgan fingerprint density at radius 2 is 0.753 bits per heavy atom. The number of nitrogens with one attached hydrogen (secondary N) is 1. The fraction of sp³-hybridized carbons (Fsp3) is 0.707. The van der Waals surface area contributed by atoms with Crippen molar-refractivity contribution in [3.8, 4) is 0 Å². The first-order valence-corrected chi connectivity index (χ1v) is 36.3. The molecule has 85 heavy (non-hydrogen) atoms. The van der Waals surface area contributed by atoms with E-state index in [1.165, 1.54) is 128 Å². The molecule has 1 N–H and O–H groups in total. The number of unbranched alkanes of at least 4 members (excludes halogenated alkanes) is 28. The lowest BCUT2D eigenvalue weighted by Crippen LogP contribution is -2.47. The molecule has 0 aliphatic carbocycles. The summed E-state index contributed by atoms with van der Waals surface area (Å²) in [4.78, 5) is 40.1. The second-order valence-electron chi connectivity index (χ2n) is 24.3. The van der Waals surface area contributed by atoms with Crippen LogP contribution in [0.1, 0.15) is 290 Å². The van der Waals surface area contributed by atoms with Crippen LogP contribution in [0, 0.1) is 0 Å². The minimum Gasteiger partial charge on any atom is -0.756 e. The summed E-state index contributed by atoms with van der Waals surface area (Å²) in [5, 5.41) is 3.02. The van der Waals surface area contributed by atoms with Crippen molar-refractivity contribution in [3.05, 3.63) is 122 Å². The van der Waals surface area contributed by atoms with E-state index < -0.39 is 26.6 Å². The third-order valence-electron chi connectivity index (χ3n) is 14.9. The fourth-order valence-electron chi connectivity index (χ4n) is 9.53. The van der Waals surface area contributed by atoms with Gasteiger partial charge in [0, 0.05) is 12.8 Å². The third kappa shape index (κ3) is 64.7. The minimum atomic E-state index is -4.72. The van der Waals surface area contributed by atoms with E-state index in [0.29, 0.717) is 17.4 Å². The van der Waals surface area contributed by atoms with Crippen LogP contribution in [-0.4, -0.2) is 69.4 Å². The van der Waals surface area contributed by atoms with Crippen LogP contribution in [0.3, 0.4) is 0 Å². The lowest BCUT2D eigenvalue weighted by molar-refractivity contribution is -0.870. The van der Waals surface area contributed by atoms with Gasteiger partial charge in [0.2, 0.25) is 5.91 Å². The van der Waals surface area contributed by atoms with Crippen LogP contribution in [0.5, 0.6) is 0 Å². The Kier molecular flexibility index (Phi) is 60.8. The molecule has 0 fully saturated rings. The molecule has 0 bridgehead atoms. The number of allylic oxidation sites excluding steroid dienone is 19. The van der Waals surface area contributed by atoms with Crippen molar-refractivity contribution in [2.75, 3.05) is 40.9 Å². The van der Waals surface area contributed by atoms with Gasteiger partial charge in [0.25, 0.3) is 7.82 Å². The number of ether oxygens (including phenoxy) is 1. The van der Waals surface area contributed by atoms with Crippen LogP contribution in [0.15, 0.2) is 122 Å². The molecule has 0 spiro atoms. The molecule has 0 aliphatic rings. The van der Waals surface area contributed by atoms with E-state index >= 15 is 0 Å². The summed E-state index contributed by atoms with van der Waals surface area (Å²) in [7, 11) is 1.15. The summed E-state index contributed by atoms with van der Waals surface area (Å²) in [5.41, 5.74) is 0. The van der Waals surface area contributed by atoms with Gasteiger partial charge in [0.1, 0.15) is 19.3 Å². The van der Waals surface area contributed by atoms with Crippen LogP contribution in [0.4, 0.5) is 0 Å². The average Bonchev–Trinajstić information content (AvgIpc) is 3.62. The molecule has 0 saturated heterocycles. The number of nitrogens with zero attached hydrogens (tertiary/aromatic N) is 1. The lowest BCUT2D eigenvalue weighted by Gasteiger charge is -2.30. The van der Waals surface area contributed by atoms with Crippen LogP contribution in [0.2, 0.25) is 0 Å². The largest absolute Gasteiger partial charge is 0.756 e. The number of carbonyl (C=O) groups excluding carboxylic acids is 2. The molecule has 0 rings (SSSR count). The first-order chi connectivity index (χ1) is 41.4. The Labute approximate surface area is 524 Å². The highest BCUT2D eigenvalue weighted by Crippen LogP contribution is 2.38. The van der Waals surface area contributed by atoms with Crippen LogP contribution in [0.25, 0.3) is 0 Å². The zero-order chi connectivity index (χ0) is 62.1. The van der Waals surface area contributed by atoms with Gasteiger partial charge in [-0.1, -0.05) is 277 Å². The van der Waals surface area contributed by atoms with Crippen molar-refractivity contribution in [3.63, 3.8) is 0 Å². The van der Waals surface area contributed by atoms with Gasteiger partial charge in [-0.05, 0) is 122 Å². The van der Waals surface area contributed by atoms with Crippen molar-refractivity contribution in [2.24, 2.45) is 0 Å². The van der Waals surface area contributed by atoms with Crippen molar-refractivity contribution in [2.45, 2.75) is 303 Å². The number of carbonyl (C=O) groups is 2. The van der Waals surface area contributed by atoms with E-state index in [1.54, 1.807) is 0 Å². The summed E-state index contributed by atoms with van der Waals surface area (Å²) in [5.74, 6) is -0.575. The summed E-state index contributed by atoms with van der Waals surface area (Å²) in [6.07, 6.45) is 88.9. The van der Waals surface area contributed by atoms with Crippen molar-refractivity contribution < 1.29 is 37.3 Å². The highest BCUT2D eigenvalue weighted by Gasteiger charge is 2.27. The quantitative estimate of drug-likeness (QED) is 0.0212. The Morgan fingerprint density at radius 3 is 1.15 bits per heavy atom. The SMILES string of the molecule is CC/C=C\C/C=C\C/C=C\C/C=C\C/C=C\C/C=C\CCCCCCC(=O)NC(COP(=O)([O-])OCC[N+](C)(C)C)C(/C=C/CCCCCCCCCCC)OC(=O)CCCCCCCCCCCCCC/C=C\C/C=C\C/C=C\CCCCC. The first-order valence-electron chi connectivity index (χ1n) is 34.8. The predicted molar refractivity (Wildman–Crippen MR) is 367 cm³/mol. The maximum absolute atomic E-state index is 13.6. The normalized spacial score (nSPS) is 14.3. The van der Waals surface area contributed by atoms with Crippen LogP contribution >= 0.6 is 7.82 Å². The second-order valence-corrected chi connectivity index (χ2v) is 25.7. The third-order valence-corrected chi connectivity index (χ3v) is 15.8. The monoisotopic (exact) mass is 1200 g/mol. The minimum absolute atomic E-state index is 0.0338. The Balaban J connectivity index is 5.12. The highest BCUT2D eigenvalue weighted by molar-refractivity contribution is 7.45. The van der Waals surface area contributed by atoms with Gasteiger partial charge in [-0.2, -0.15) is 0 Å². The van der Waals surface area contributed by atoms with Gasteiger partial charge >= 0.3 is 5.97 Å². The van der Waals surface area contributed by atoms with Crippen molar-refractivity contribution in [1.82, 2.24) is 5.32 Å².